The summed E-state index contributed by atoms with van der Waals surface area (Å²) < 4.78 is 5.41. The van der Waals surface area contributed by atoms with Crippen molar-refractivity contribution in [1.82, 2.24) is 5.32 Å². The molecule has 6 heteroatoms. The Morgan fingerprint density at radius 1 is 1.29 bits per heavy atom. The molecule has 1 aromatic carbocycles. The molecule has 24 heavy (non-hydrogen) atoms. The Hall–Kier alpha value is -2.37. The molecule has 0 spiro atoms. The fourth-order valence-electron chi connectivity index (χ4n) is 2.56. The van der Waals surface area contributed by atoms with Crippen molar-refractivity contribution < 1.29 is 19.1 Å². The minimum atomic E-state index is -0.158. The SMILES string of the molecule is CCCCNC(=O)CCCN1C(=O)COc2ccc(C(C)=O)cc21. The van der Waals surface area contributed by atoms with Crippen LogP contribution in [0, 0.1) is 0 Å². The minimum absolute atomic E-state index is 0.00173. The summed E-state index contributed by atoms with van der Waals surface area (Å²) in [5.41, 5.74) is 1.14. The summed E-state index contributed by atoms with van der Waals surface area (Å²) in [4.78, 5) is 37.0. The highest BCUT2D eigenvalue weighted by Crippen LogP contribution is 2.33. The molecule has 0 aliphatic carbocycles. The lowest BCUT2D eigenvalue weighted by Crippen LogP contribution is -2.40. The topological polar surface area (TPSA) is 75.7 Å². The van der Waals surface area contributed by atoms with Crippen LogP contribution in [-0.2, 0) is 9.59 Å². The molecule has 1 N–H and O–H groups in total. The van der Waals surface area contributed by atoms with Gasteiger partial charge in [0.25, 0.3) is 5.91 Å². The summed E-state index contributed by atoms with van der Waals surface area (Å²) in [6.07, 6.45) is 2.94. The molecule has 0 bridgehead atoms. The molecular weight excluding hydrogens is 308 g/mol. The number of carbonyl (C=O) groups is 3. The van der Waals surface area contributed by atoms with Crippen LogP contribution in [0.25, 0.3) is 0 Å². The average molecular weight is 332 g/mol. The first kappa shape index (κ1) is 18.0. The zero-order valence-electron chi connectivity index (χ0n) is 14.3. The lowest BCUT2D eigenvalue weighted by molar-refractivity contribution is -0.122. The molecule has 0 saturated carbocycles. The number of nitrogens with zero attached hydrogens (tertiary/aromatic N) is 1. The van der Waals surface area contributed by atoms with Gasteiger partial charge in [-0.2, -0.15) is 0 Å². The number of fused-ring (bicyclic) bond motifs is 1. The number of unbranched alkanes of at least 4 members (excludes halogenated alkanes) is 1. The number of anilines is 1. The molecule has 130 valence electrons. The third kappa shape index (κ3) is 4.57. The molecule has 0 radical (unpaired) electrons. The molecule has 0 fully saturated rings. The van der Waals surface area contributed by atoms with Gasteiger partial charge in [-0.3, -0.25) is 14.4 Å². The summed E-state index contributed by atoms with van der Waals surface area (Å²) in [5, 5.41) is 2.86. The summed E-state index contributed by atoms with van der Waals surface area (Å²) >= 11 is 0. The molecule has 6 nitrogen and oxygen atoms in total. The summed E-state index contributed by atoms with van der Waals surface area (Å²) in [6, 6.07) is 5.08. The third-order valence-corrected chi connectivity index (χ3v) is 3.95. The molecule has 1 aliphatic rings. The van der Waals surface area contributed by atoms with Gasteiger partial charge in [-0.1, -0.05) is 13.3 Å². The van der Waals surface area contributed by atoms with Gasteiger partial charge in [0, 0.05) is 25.1 Å². The Labute approximate surface area is 142 Å². The van der Waals surface area contributed by atoms with E-state index in [-0.39, 0.29) is 24.2 Å². The number of Topliss-reactive ketones (excluding diaryl/α,β-unsaturated/α-hetero) is 1. The van der Waals surface area contributed by atoms with Gasteiger partial charge in [-0.25, -0.2) is 0 Å². The van der Waals surface area contributed by atoms with Crippen LogP contribution >= 0.6 is 0 Å². The number of carbonyl (C=O) groups excluding carboxylic acids is 3. The summed E-state index contributed by atoms with van der Waals surface area (Å²) in [6.45, 7) is 4.66. The Bertz CT molecular complexity index is 627. The molecule has 0 atom stereocenters. The van der Waals surface area contributed by atoms with Gasteiger partial charge in [0.2, 0.25) is 5.91 Å². The first-order valence-electron chi connectivity index (χ1n) is 8.37. The van der Waals surface area contributed by atoms with Crippen LogP contribution < -0.4 is 15.0 Å². The van der Waals surface area contributed by atoms with E-state index in [4.69, 9.17) is 4.74 Å². The molecular formula is C18H24N2O4. The number of ketones is 1. The van der Waals surface area contributed by atoms with E-state index < -0.39 is 0 Å². The fourth-order valence-corrected chi connectivity index (χ4v) is 2.56. The van der Waals surface area contributed by atoms with Crippen molar-refractivity contribution in [3.63, 3.8) is 0 Å². The van der Waals surface area contributed by atoms with E-state index in [1.807, 2.05) is 0 Å². The zero-order chi connectivity index (χ0) is 17.5. The van der Waals surface area contributed by atoms with Crippen LogP contribution in [0.2, 0.25) is 0 Å². The van der Waals surface area contributed by atoms with E-state index in [0.29, 0.717) is 42.9 Å². The number of rotatable bonds is 8. The number of benzene rings is 1. The predicted molar refractivity (Wildman–Crippen MR) is 91.4 cm³/mol. The average Bonchev–Trinajstić information content (AvgIpc) is 2.56. The number of hydrogen-bond donors (Lipinski definition) is 1. The van der Waals surface area contributed by atoms with E-state index in [0.717, 1.165) is 12.8 Å². The van der Waals surface area contributed by atoms with Crippen molar-refractivity contribution >= 4 is 23.3 Å². The second kappa shape index (κ2) is 8.47. The molecule has 0 saturated heterocycles. The van der Waals surface area contributed by atoms with E-state index in [1.54, 1.807) is 23.1 Å². The number of ether oxygens (including phenoxy) is 1. The molecule has 0 aromatic heterocycles. The van der Waals surface area contributed by atoms with Crippen LogP contribution in [0.1, 0.15) is 49.9 Å². The molecule has 2 amide bonds. The Kier molecular flexibility index (Phi) is 6.35. The first-order valence-corrected chi connectivity index (χ1v) is 8.37. The lowest BCUT2D eigenvalue weighted by Gasteiger charge is -2.29. The van der Waals surface area contributed by atoms with E-state index in [9.17, 15) is 14.4 Å². The van der Waals surface area contributed by atoms with Crippen LogP contribution in [0.5, 0.6) is 5.75 Å². The van der Waals surface area contributed by atoms with E-state index >= 15 is 0 Å². The maximum atomic E-state index is 12.1. The zero-order valence-corrected chi connectivity index (χ0v) is 14.3. The number of amides is 2. The van der Waals surface area contributed by atoms with E-state index in [1.165, 1.54) is 6.92 Å². The Morgan fingerprint density at radius 2 is 2.08 bits per heavy atom. The van der Waals surface area contributed by atoms with Gasteiger partial charge in [-0.15, -0.1) is 0 Å². The lowest BCUT2D eigenvalue weighted by atomic mass is 10.1. The van der Waals surface area contributed by atoms with Crippen molar-refractivity contribution in [1.29, 1.82) is 0 Å². The van der Waals surface area contributed by atoms with Crippen molar-refractivity contribution in [3.05, 3.63) is 23.8 Å². The Balaban J connectivity index is 1.98. The highest BCUT2D eigenvalue weighted by atomic mass is 16.5. The second-order valence-corrected chi connectivity index (χ2v) is 5.88. The standard InChI is InChI=1S/C18H24N2O4/c1-3-4-9-19-17(22)6-5-10-20-15-11-14(13(2)21)7-8-16(15)24-12-18(20)23/h7-8,11H,3-6,9-10,12H2,1-2H3,(H,19,22). The highest BCUT2D eigenvalue weighted by molar-refractivity contribution is 6.01. The maximum Gasteiger partial charge on any atom is 0.265 e. The number of hydrogen-bond acceptors (Lipinski definition) is 4. The quantitative estimate of drug-likeness (QED) is 0.585. The van der Waals surface area contributed by atoms with Gasteiger partial charge in [0.15, 0.2) is 12.4 Å². The van der Waals surface area contributed by atoms with Gasteiger partial charge in [0.05, 0.1) is 5.69 Å². The van der Waals surface area contributed by atoms with Crippen molar-refractivity contribution in [2.45, 2.75) is 39.5 Å². The van der Waals surface area contributed by atoms with Gasteiger partial charge >= 0.3 is 0 Å². The van der Waals surface area contributed by atoms with Gasteiger partial charge in [0.1, 0.15) is 5.75 Å². The summed E-state index contributed by atoms with van der Waals surface area (Å²) in [7, 11) is 0. The molecule has 1 aromatic rings. The highest BCUT2D eigenvalue weighted by Gasteiger charge is 2.26. The smallest absolute Gasteiger partial charge is 0.265 e. The monoisotopic (exact) mass is 332 g/mol. The van der Waals surface area contributed by atoms with Crippen LogP contribution in [0.15, 0.2) is 18.2 Å². The van der Waals surface area contributed by atoms with Gasteiger partial charge < -0.3 is 15.0 Å². The molecule has 1 aliphatic heterocycles. The third-order valence-electron chi connectivity index (χ3n) is 3.95. The van der Waals surface area contributed by atoms with Crippen LogP contribution in [0.4, 0.5) is 5.69 Å². The predicted octanol–water partition coefficient (Wildman–Crippen LogP) is 2.31. The maximum absolute atomic E-state index is 12.1. The van der Waals surface area contributed by atoms with Crippen molar-refractivity contribution in [2.24, 2.45) is 0 Å². The van der Waals surface area contributed by atoms with Crippen LogP contribution in [-0.4, -0.2) is 37.3 Å². The van der Waals surface area contributed by atoms with Crippen LogP contribution in [0.3, 0.4) is 0 Å². The number of nitrogens with one attached hydrogen (secondary N) is 1. The summed E-state index contributed by atoms with van der Waals surface area (Å²) in [5.74, 6) is 0.370. The Morgan fingerprint density at radius 3 is 2.79 bits per heavy atom. The fraction of sp³-hybridized carbons (Fsp3) is 0.500. The largest absolute Gasteiger partial charge is 0.482 e. The van der Waals surface area contributed by atoms with Gasteiger partial charge in [-0.05, 0) is 38.0 Å². The second-order valence-electron chi connectivity index (χ2n) is 5.88. The minimum Gasteiger partial charge on any atom is -0.482 e. The van der Waals surface area contributed by atoms with E-state index in [2.05, 4.69) is 12.2 Å². The molecule has 2 rings (SSSR count). The van der Waals surface area contributed by atoms with Crippen molar-refractivity contribution in [3.8, 4) is 5.75 Å². The molecule has 1 heterocycles. The normalized spacial score (nSPS) is 13.2. The first-order chi connectivity index (χ1) is 11.5. The molecule has 0 unspecified atom stereocenters. The van der Waals surface area contributed by atoms with Crippen molar-refractivity contribution in [2.75, 3.05) is 24.6 Å².